The zero-order valence-corrected chi connectivity index (χ0v) is 12.3. The van der Waals surface area contributed by atoms with Gasteiger partial charge in [-0.3, -0.25) is 0 Å². The third-order valence-electron chi connectivity index (χ3n) is 3.20. The summed E-state index contributed by atoms with van der Waals surface area (Å²) in [5, 5.41) is 14.3. The predicted octanol–water partition coefficient (Wildman–Crippen LogP) is 2.80. The molecule has 2 aromatic rings. The Labute approximate surface area is 123 Å². The number of carbonyl (C=O) groups is 1. The molecule has 112 valence electrons. The van der Waals surface area contributed by atoms with Crippen molar-refractivity contribution in [2.24, 2.45) is 0 Å². The van der Waals surface area contributed by atoms with E-state index in [4.69, 9.17) is 4.74 Å². The molecule has 0 atom stereocenters. The van der Waals surface area contributed by atoms with Gasteiger partial charge in [-0.2, -0.15) is 5.10 Å². The number of carboxylic acids is 1. The topological polar surface area (TPSA) is 77.2 Å². The molecule has 21 heavy (non-hydrogen) atoms. The lowest BCUT2D eigenvalue weighted by Gasteiger charge is -2.11. The van der Waals surface area contributed by atoms with Crippen LogP contribution in [0.2, 0.25) is 0 Å². The van der Waals surface area contributed by atoms with Crippen molar-refractivity contribution in [3.8, 4) is 5.75 Å². The number of aromatic nitrogens is 3. The third-order valence-corrected chi connectivity index (χ3v) is 3.20. The van der Waals surface area contributed by atoms with E-state index in [1.54, 1.807) is 17.8 Å². The second-order valence-electron chi connectivity index (χ2n) is 4.68. The van der Waals surface area contributed by atoms with Gasteiger partial charge in [-0.05, 0) is 26.7 Å². The summed E-state index contributed by atoms with van der Waals surface area (Å²) in [5.41, 5.74) is 1.20. The number of ether oxygens (including phenoxy) is 1. The second-order valence-corrected chi connectivity index (χ2v) is 4.68. The highest BCUT2D eigenvalue weighted by Gasteiger charge is 2.22. The molecule has 0 aliphatic rings. The summed E-state index contributed by atoms with van der Waals surface area (Å²) >= 11 is 0. The van der Waals surface area contributed by atoms with Crippen LogP contribution in [0.25, 0.3) is 11.0 Å². The predicted molar refractivity (Wildman–Crippen MR) is 79.8 cm³/mol. The van der Waals surface area contributed by atoms with Crippen LogP contribution in [0, 0.1) is 6.92 Å². The van der Waals surface area contributed by atoms with Gasteiger partial charge >= 0.3 is 5.97 Å². The molecule has 2 aromatic heterocycles. The second kappa shape index (κ2) is 6.39. The van der Waals surface area contributed by atoms with Crippen LogP contribution in [0.3, 0.4) is 0 Å². The van der Waals surface area contributed by atoms with Gasteiger partial charge < -0.3 is 9.84 Å². The molecule has 0 spiro atoms. The van der Waals surface area contributed by atoms with Gasteiger partial charge in [-0.15, -0.1) is 6.58 Å². The largest absolute Gasteiger partial charge is 0.492 e. The summed E-state index contributed by atoms with van der Waals surface area (Å²) in [5.74, 6) is -0.688. The van der Waals surface area contributed by atoms with Gasteiger partial charge in [-0.1, -0.05) is 6.08 Å². The lowest BCUT2D eigenvalue weighted by atomic mass is 10.1. The Kier molecular flexibility index (Phi) is 4.57. The van der Waals surface area contributed by atoms with E-state index in [1.807, 2.05) is 13.0 Å². The van der Waals surface area contributed by atoms with Crippen LogP contribution >= 0.6 is 0 Å². The number of nitrogens with zero attached hydrogens (tertiary/aromatic N) is 3. The summed E-state index contributed by atoms with van der Waals surface area (Å²) in [6, 6.07) is 0. The van der Waals surface area contributed by atoms with E-state index in [-0.39, 0.29) is 5.56 Å². The van der Waals surface area contributed by atoms with Crippen molar-refractivity contribution in [2.45, 2.75) is 33.2 Å². The Morgan fingerprint density at radius 3 is 2.95 bits per heavy atom. The molecule has 0 unspecified atom stereocenters. The first-order valence-corrected chi connectivity index (χ1v) is 6.93. The minimum Gasteiger partial charge on any atom is -0.492 e. The van der Waals surface area contributed by atoms with E-state index in [9.17, 15) is 9.90 Å². The Morgan fingerprint density at radius 2 is 2.33 bits per heavy atom. The average Bonchev–Trinajstić information content (AvgIpc) is 2.82. The Balaban J connectivity index is 2.55. The first kappa shape index (κ1) is 15.0. The van der Waals surface area contributed by atoms with Crippen LogP contribution in [0.15, 0.2) is 18.9 Å². The van der Waals surface area contributed by atoms with Crippen molar-refractivity contribution < 1.29 is 14.6 Å². The van der Waals surface area contributed by atoms with Crippen molar-refractivity contribution in [1.29, 1.82) is 0 Å². The summed E-state index contributed by atoms with van der Waals surface area (Å²) < 4.78 is 7.32. The molecule has 6 nitrogen and oxygen atoms in total. The van der Waals surface area contributed by atoms with Crippen molar-refractivity contribution in [2.75, 3.05) is 6.61 Å². The van der Waals surface area contributed by atoms with Crippen molar-refractivity contribution in [3.63, 3.8) is 0 Å². The van der Waals surface area contributed by atoms with Crippen LogP contribution in [0.1, 0.15) is 35.8 Å². The molecule has 1 N–H and O–H groups in total. The van der Waals surface area contributed by atoms with Crippen LogP contribution in [0.5, 0.6) is 5.75 Å². The van der Waals surface area contributed by atoms with Crippen LogP contribution in [-0.2, 0) is 6.54 Å². The summed E-state index contributed by atoms with van der Waals surface area (Å²) in [4.78, 5) is 15.8. The fourth-order valence-electron chi connectivity index (χ4n) is 2.27. The van der Waals surface area contributed by atoms with Gasteiger partial charge in [0.05, 0.1) is 23.9 Å². The van der Waals surface area contributed by atoms with E-state index >= 15 is 0 Å². The number of hydrogen-bond donors (Lipinski definition) is 1. The standard InChI is InChI=1S/C15H19N3O3/c1-4-6-7-8-18-14-11(9-16-18)13(21-5-2)12(15(19)20)10(3)17-14/h4,9H,1,5-8H2,2-3H3,(H,19,20). The molecule has 0 aromatic carbocycles. The molecule has 0 aliphatic heterocycles. The lowest BCUT2D eigenvalue weighted by Crippen LogP contribution is -2.09. The first-order valence-electron chi connectivity index (χ1n) is 6.93. The fraction of sp³-hybridized carbons (Fsp3) is 0.400. The molecule has 0 aliphatic carbocycles. The number of unbranched alkanes of at least 4 members (excludes halogenated alkanes) is 1. The lowest BCUT2D eigenvalue weighted by molar-refractivity contribution is 0.0691. The van der Waals surface area contributed by atoms with Crippen LogP contribution in [0.4, 0.5) is 0 Å². The average molecular weight is 289 g/mol. The summed E-state index contributed by atoms with van der Waals surface area (Å²) in [6.07, 6.45) is 5.28. The van der Waals surface area contributed by atoms with Gasteiger partial charge in [0.15, 0.2) is 5.65 Å². The number of pyridine rings is 1. The SMILES string of the molecule is C=CCCCn1ncc2c(OCC)c(C(=O)O)c(C)nc21. The molecule has 0 fully saturated rings. The third kappa shape index (κ3) is 2.89. The maximum atomic E-state index is 11.4. The number of allylic oxidation sites excluding steroid dienone is 1. The Hall–Kier alpha value is -2.37. The normalized spacial score (nSPS) is 10.8. The van der Waals surface area contributed by atoms with E-state index in [1.165, 1.54) is 0 Å². The zero-order valence-electron chi connectivity index (χ0n) is 12.3. The van der Waals surface area contributed by atoms with Crippen LogP contribution < -0.4 is 4.74 Å². The van der Waals surface area contributed by atoms with Gasteiger partial charge in [-0.25, -0.2) is 14.5 Å². The van der Waals surface area contributed by atoms with Gasteiger partial charge in [0.2, 0.25) is 0 Å². The molecule has 2 rings (SSSR count). The van der Waals surface area contributed by atoms with E-state index in [2.05, 4.69) is 16.7 Å². The highest BCUT2D eigenvalue weighted by atomic mass is 16.5. The molecular weight excluding hydrogens is 270 g/mol. The minimum atomic E-state index is -1.04. The molecule has 0 amide bonds. The number of rotatable bonds is 7. The first-order chi connectivity index (χ1) is 10.1. The quantitative estimate of drug-likeness (QED) is 0.626. The van der Waals surface area contributed by atoms with Crippen molar-refractivity contribution in [3.05, 3.63) is 30.1 Å². The van der Waals surface area contributed by atoms with Gasteiger partial charge in [0, 0.05) is 6.54 Å². The molecule has 0 saturated heterocycles. The maximum absolute atomic E-state index is 11.4. The van der Waals surface area contributed by atoms with Crippen LogP contribution in [-0.4, -0.2) is 32.4 Å². The van der Waals surface area contributed by atoms with Crippen molar-refractivity contribution >= 4 is 17.0 Å². The van der Waals surface area contributed by atoms with Gasteiger partial charge in [0.25, 0.3) is 0 Å². The van der Waals surface area contributed by atoms with E-state index < -0.39 is 5.97 Å². The molecule has 0 radical (unpaired) electrons. The highest BCUT2D eigenvalue weighted by Crippen LogP contribution is 2.31. The zero-order chi connectivity index (χ0) is 15.4. The fourth-order valence-corrected chi connectivity index (χ4v) is 2.27. The van der Waals surface area contributed by atoms with E-state index in [0.717, 1.165) is 12.8 Å². The minimum absolute atomic E-state index is 0.106. The Morgan fingerprint density at radius 1 is 1.57 bits per heavy atom. The van der Waals surface area contributed by atoms with E-state index in [0.29, 0.717) is 35.6 Å². The van der Waals surface area contributed by atoms with Gasteiger partial charge in [0.1, 0.15) is 11.3 Å². The number of fused-ring (bicyclic) bond motifs is 1. The smallest absolute Gasteiger partial charge is 0.341 e. The maximum Gasteiger partial charge on any atom is 0.341 e. The molecule has 6 heteroatoms. The highest BCUT2D eigenvalue weighted by molar-refractivity contribution is 5.99. The molecule has 0 saturated carbocycles. The number of hydrogen-bond acceptors (Lipinski definition) is 4. The molecule has 0 bridgehead atoms. The number of carboxylic acid groups (broad SMARTS) is 1. The monoisotopic (exact) mass is 289 g/mol. The summed E-state index contributed by atoms with van der Waals surface area (Å²) in [7, 11) is 0. The Bertz CT molecular complexity index is 676. The summed E-state index contributed by atoms with van der Waals surface area (Å²) in [6.45, 7) is 8.29. The number of aromatic carboxylic acids is 1. The molecular formula is C15H19N3O3. The number of aryl methyl sites for hydroxylation is 2. The van der Waals surface area contributed by atoms with Crippen molar-refractivity contribution in [1.82, 2.24) is 14.8 Å². The molecule has 2 heterocycles.